The van der Waals surface area contributed by atoms with Crippen LogP contribution >= 0.6 is 0 Å². The van der Waals surface area contributed by atoms with Crippen molar-refractivity contribution in [3.63, 3.8) is 0 Å². The number of tetrazole rings is 1. The minimum absolute atomic E-state index is 0.594. The molecule has 0 unspecified atom stereocenters. The number of aryl methyl sites for hydroxylation is 1. The molecule has 148 valence electrons. The number of rotatable bonds is 6. The molecule has 0 aliphatic rings. The summed E-state index contributed by atoms with van der Waals surface area (Å²) in [4.78, 5) is 4.56. The number of H-pyrrole nitrogens is 1. The highest BCUT2D eigenvalue weighted by atomic mass is 15.5. The van der Waals surface area contributed by atoms with Crippen LogP contribution in [0, 0.1) is 0 Å². The SMILES string of the molecule is CCCc1nn2cccnc2c1Cc1ccc(-c2ccccc2-c2nn[nH]n2)cc1. The van der Waals surface area contributed by atoms with Crippen molar-refractivity contribution < 1.29 is 0 Å². The monoisotopic (exact) mass is 395 g/mol. The minimum atomic E-state index is 0.594. The lowest BCUT2D eigenvalue weighted by atomic mass is 9.96. The van der Waals surface area contributed by atoms with Crippen LogP contribution in [0.3, 0.4) is 0 Å². The highest BCUT2D eigenvalue weighted by Gasteiger charge is 2.14. The molecule has 0 aliphatic carbocycles. The Labute approximate surface area is 173 Å². The average Bonchev–Trinajstić information content (AvgIpc) is 3.44. The maximum absolute atomic E-state index is 4.74. The molecule has 0 atom stereocenters. The highest BCUT2D eigenvalue weighted by molar-refractivity contribution is 5.80. The maximum Gasteiger partial charge on any atom is 0.205 e. The lowest BCUT2D eigenvalue weighted by Crippen LogP contribution is -1.95. The zero-order chi connectivity index (χ0) is 20.3. The molecule has 0 saturated carbocycles. The van der Waals surface area contributed by atoms with Crippen LogP contribution in [-0.2, 0) is 12.8 Å². The molecule has 3 heterocycles. The van der Waals surface area contributed by atoms with E-state index < -0.39 is 0 Å². The Balaban J connectivity index is 1.48. The second-order valence-corrected chi connectivity index (χ2v) is 7.22. The van der Waals surface area contributed by atoms with Crippen molar-refractivity contribution >= 4 is 5.65 Å². The Hall–Kier alpha value is -3.87. The number of fused-ring (bicyclic) bond motifs is 1. The van der Waals surface area contributed by atoms with Gasteiger partial charge in [-0.25, -0.2) is 9.50 Å². The lowest BCUT2D eigenvalue weighted by Gasteiger charge is -2.08. The molecule has 3 aromatic heterocycles. The van der Waals surface area contributed by atoms with E-state index in [4.69, 9.17) is 5.10 Å². The van der Waals surface area contributed by atoms with Gasteiger partial charge in [0.15, 0.2) is 5.65 Å². The summed E-state index contributed by atoms with van der Waals surface area (Å²) in [6.07, 6.45) is 6.61. The number of aromatic amines is 1. The fraction of sp³-hybridized carbons (Fsp3) is 0.174. The van der Waals surface area contributed by atoms with Gasteiger partial charge in [0, 0.05) is 29.9 Å². The summed E-state index contributed by atoms with van der Waals surface area (Å²) in [5.74, 6) is 0.594. The molecule has 2 aromatic carbocycles. The van der Waals surface area contributed by atoms with Gasteiger partial charge in [0.05, 0.1) is 5.69 Å². The van der Waals surface area contributed by atoms with Gasteiger partial charge in [-0.05, 0) is 34.4 Å². The Bertz CT molecular complexity index is 1270. The van der Waals surface area contributed by atoms with Crippen molar-refractivity contribution in [2.45, 2.75) is 26.2 Å². The quantitative estimate of drug-likeness (QED) is 0.467. The second kappa shape index (κ2) is 7.87. The van der Waals surface area contributed by atoms with Crippen LogP contribution in [-0.4, -0.2) is 35.2 Å². The molecular weight excluding hydrogens is 374 g/mol. The second-order valence-electron chi connectivity index (χ2n) is 7.22. The van der Waals surface area contributed by atoms with Crippen LogP contribution in [0.15, 0.2) is 67.0 Å². The van der Waals surface area contributed by atoms with Gasteiger partial charge in [-0.2, -0.15) is 10.3 Å². The fourth-order valence-corrected chi connectivity index (χ4v) is 3.81. The van der Waals surface area contributed by atoms with Gasteiger partial charge in [0.1, 0.15) is 0 Å². The number of aromatic nitrogens is 7. The zero-order valence-corrected chi connectivity index (χ0v) is 16.7. The Morgan fingerprint density at radius 2 is 1.80 bits per heavy atom. The molecule has 5 rings (SSSR count). The first-order chi connectivity index (χ1) is 14.8. The van der Waals surface area contributed by atoms with Crippen LogP contribution in [0.5, 0.6) is 0 Å². The van der Waals surface area contributed by atoms with Crippen LogP contribution in [0.25, 0.3) is 28.2 Å². The van der Waals surface area contributed by atoms with Crippen molar-refractivity contribution in [1.29, 1.82) is 0 Å². The van der Waals surface area contributed by atoms with Crippen molar-refractivity contribution in [3.8, 4) is 22.5 Å². The van der Waals surface area contributed by atoms with Gasteiger partial charge in [-0.1, -0.05) is 61.9 Å². The predicted molar refractivity (Wildman–Crippen MR) is 115 cm³/mol. The Morgan fingerprint density at radius 3 is 2.57 bits per heavy atom. The van der Waals surface area contributed by atoms with Crippen molar-refractivity contribution in [3.05, 3.63) is 83.8 Å². The van der Waals surface area contributed by atoms with E-state index >= 15 is 0 Å². The van der Waals surface area contributed by atoms with Crippen LogP contribution in [0.4, 0.5) is 0 Å². The molecule has 1 N–H and O–H groups in total. The average molecular weight is 395 g/mol. The number of nitrogens with zero attached hydrogens (tertiary/aromatic N) is 6. The van der Waals surface area contributed by atoms with Crippen LogP contribution < -0.4 is 0 Å². The summed E-state index contributed by atoms with van der Waals surface area (Å²) in [6, 6.07) is 18.6. The van der Waals surface area contributed by atoms with Crippen molar-refractivity contribution in [2.75, 3.05) is 0 Å². The summed E-state index contributed by atoms with van der Waals surface area (Å²) in [6.45, 7) is 2.18. The van der Waals surface area contributed by atoms with E-state index in [1.165, 1.54) is 11.1 Å². The van der Waals surface area contributed by atoms with Gasteiger partial charge in [0.25, 0.3) is 0 Å². The third kappa shape index (κ3) is 3.34. The maximum atomic E-state index is 4.74. The smallest absolute Gasteiger partial charge is 0.205 e. The molecule has 0 fully saturated rings. The third-order valence-electron chi connectivity index (χ3n) is 5.22. The van der Waals surface area contributed by atoms with E-state index in [1.807, 2.05) is 41.2 Å². The van der Waals surface area contributed by atoms with Gasteiger partial charge in [-0.3, -0.25) is 0 Å². The summed E-state index contributed by atoms with van der Waals surface area (Å²) < 4.78 is 1.88. The predicted octanol–water partition coefficient (Wildman–Crippen LogP) is 4.12. The highest BCUT2D eigenvalue weighted by Crippen LogP contribution is 2.30. The largest absolute Gasteiger partial charge is 0.237 e. The molecule has 5 aromatic rings. The summed E-state index contributed by atoms with van der Waals surface area (Å²) in [5.41, 5.74) is 7.65. The minimum Gasteiger partial charge on any atom is -0.237 e. The van der Waals surface area contributed by atoms with E-state index in [0.29, 0.717) is 5.82 Å². The molecule has 7 heteroatoms. The zero-order valence-electron chi connectivity index (χ0n) is 16.7. The van der Waals surface area contributed by atoms with Gasteiger partial charge >= 0.3 is 0 Å². The third-order valence-corrected chi connectivity index (χ3v) is 5.22. The summed E-state index contributed by atoms with van der Waals surface area (Å²) in [5, 5.41) is 19.2. The summed E-state index contributed by atoms with van der Waals surface area (Å²) >= 11 is 0. The standard InChI is InChI=1S/C23H21N7/c1-2-6-21-20(23-24-13-5-14-30(23)27-21)15-16-9-11-17(12-10-16)18-7-3-4-8-19(18)22-25-28-29-26-22/h3-5,7-14H,2,6,15H2,1H3,(H,25,26,28,29). The molecular formula is C23H21N7. The molecule has 0 radical (unpaired) electrons. The molecule has 30 heavy (non-hydrogen) atoms. The normalized spacial score (nSPS) is 11.2. The Morgan fingerprint density at radius 1 is 0.967 bits per heavy atom. The molecule has 0 amide bonds. The molecule has 0 saturated heterocycles. The molecule has 0 bridgehead atoms. The molecule has 0 aliphatic heterocycles. The number of hydrogen-bond acceptors (Lipinski definition) is 5. The van der Waals surface area contributed by atoms with E-state index in [0.717, 1.165) is 47.3 Å². The van der Waals surface area contributed by atoms with Crippen LogP contribution in [0.2, 0.25) is 0 Å². The van der Waals surface area contributed by atoms with Crippen molar-refractivity contribution in [2.24, 2.45) is 0 Å². The van der Waals surface area contributed by atoms with E-state index in [9.17, 15) is 0 Å². The van der Waals surface area contributed by atoms with Gasteiger partial charge in [-0.15, -0.1) is 10.2 Å². The number of nitrogens with one attached hydrogen (secondary N) is 1. The van der Waals surface area contributed by atoms with E-state index in [1.54, 1.807) is 0 Å². The van der Waals surface area contributed by atoms with Gasteiger partial charge < -0.3 is 0 Å². The lowest BCUT2D eigenvalue weighted by molar-refractivity contribution is 0.827. The van der Waals surface area contributed by atoms with Gasteiger partial charge in [0.2, 0.25) is 5.82 Å². The first kappa shape index (κ1) is 18.2. The van der Waals surface area contributed by atoms with Crippen LogP contribution in [0.1, 0.15) is 30.2 Å². The topological polar surface area (TPSA) is 84.6 Å². The first-order valence-corrected chi connectivity index (χ1v) is 10.1. The molecule has 7 nitrogen and oxygen atoms in total. The molecule has 0 spiro atoms. The fourth-order valence-electron chi connectivity index (χ4n) is 3.81. The summed E-state index contributed by atoms with van der Waals surface area (Å²) in [7, 11) is 0. The Kier molecular flexibility index (Phi) is 4.77. The first-order valence-electron chi connectivity index (χ1n) is 10.1. The number of benzene rings is 2. The number of hydrogen-bond donors (Lipinski definition) is 1. The van der Waals surface area contributed by atoms with Crippen molar-refractivity contribution in [1.82, 2.24) is 35.2 Å². The van der Waals surface area contributed by atoms with E-state index in [-0.39, 0.29) is 0 Å². The van der Waals surface area contributed by atoms with E-state index in [2.05, 4.69) is 62.9 Å².